The molecule has 0 aliphatic rings. The summed E-state index contributed by atoms with van der Waals surface area (Å²) >= 11 is 1.58. The van der Waals surface area contributed by atoms with E-state index >= 15 is 0 Å². The summed E-state index contributed by atoms with van der Waals surface area (Å²) in [5, 5.41) is 4.18. The summed E-state index contributed by atoms with van der Waals surface area (Å²) in [5.74, 6) is 0.226. The molecule has 1 aromatic heterocycles. The lowest BCUT2D eigenvalue weighted by Crippen LogP contribution is -2.11. The molecule has 0 atom stereocenters. The van der Waals surface area contributed by atoms with Gasteiger partial charge in [0.25, 0.3) is 0 Å². The summed E-state index contributed by atoms with van der Waals surface area (Å²) in [5.41, 5.74) is 1.39. The lowest BCUT2D eigenvalue weighted by molar-refractivity contribution is 0.0501. The Hall–Kier alpha value is -1.95. The summed E-state index contributed by atoms with van der Waals surface area (Å²) in [7, 11) is 1.83. The number of aryl methyl sites for hydroxylation is 1. The Kier molecular flexibility index (Phi) is 5.89. The maximum absolute atomic E-state index is 12.2. The lowest BCUT2D eigenvalue weighted by atomic mass is 10.1. The van der Waals surface area contributed by atoms with Gasteiger partial charge in [0.2, 0.25) is 5.88 Å². The Morgan fingerprint density at radius 2 is 2.18 bits per heavy atom. The van der Waals surface area contributed by atoms with Crippen molar-refractivity contribution in [3.05, 3.63) is 41.6 Å². The van der Waals surface area contributed by atoms with Crippen LogP contribution in [-0.4, -0.2) is 28.6 Å². The molecule has 2 rings (SSSR count). The van der Waals surface area contributed by atoms with Crippen LogP contribution in [0.3, 0.4) is 0 Å². The van der Waals surface area contributed by atoms with Gasteiger partial charge in [-0.25, -0.2) is 4.79 Å². The minimum absolute atomic E-state index is 0.282. The topological polar surface area (TPSA) is 53.4 Å². The molecule has 0 fully saturated rings. The third kappa shape index (κ3) is 4.04. The zero-order chi connectivity index (χ0) is 15.9. The van der Waals surface area contributed by atoms with Crippen LogP contribution >= 0.6 is 11.8 Å². The van der Waals surface area contributed by atoms with Crippen molar-refractivity contribution < 1.29 is 14.3 Å². The van der Waals surface area contributed by atoms with E-state index < -0.39 is 0 Å². The van der Waals surface area contributed by atoms with E-state index in [1.807, 2.05) is 38.6 Å². The van der Waals surface area contributed by atoms with Crippen LogP contribution in [0.1, 0.15) is 29.3 Å². The van der Waals surface area contributed by atoms with Gasteiger partial charge in [0, 0.05) is 29.8 Å². The van der Waals surface area contributed by atoms with Crippen molar-refractivity contribution in [3.8, 4) is 5.88 Å². The number of hydrogen-bond acceptors (Lipinski definition) is 5. The maximum atomic E-state index is 12.2. The van der Waals surface area contributed by atoms with E-state index in [1.54, 1.807) is 28.6 Å². The predicted octanol–water partition coefficient (Wildman–Crippen LogP) is 3.29. The van der Waals surface area contributed by atoms with Gasteiger partial charge in [-0.2, -0.15) is 0 Å². The molecule has 118 valence electrons. The highest BCUT2D eigenvalue weighted by molar-refractivity contribution is 7.98. The van der Waals surface area contributed by atoms with Crippen molar-refractivity contribution in [1.29, 1.82) is 0 Å². The molecule has 0 aliphatic carbocycles. The fraction of sp³-hybridized carbons (Fsp3) is 0.375. The first-order valence-electron chi connectivity index (χ1n) is 7.11. The van der Waals surface area contributed by atoms with Gasteiger partial charge in [0.05, 0.1) is 12.2 Å². The van der Waals surface area contributed by atoms with Gasteiger partial charge < -0.3 is 9.47 Å². The second-order valence-corrected chi connectivity index (χ2v) is 5.59. The molecular formula is C16H20N2O3S. The van der Waals surface area contributed by atoms with E-state index in [2.05, 4.69) is 5.10 Å². The molecule has 0 aliphatic heterocycles. The van der Waals surface area contributed by atoms with Crippen LogP contribution in [0.2, 0.25) is 0 Å². The number of nitrogens with zero attached hydrogens (tertiary/aromatic N) is 2. The molecule has 0 saturated heterocycles. The lowest BCUT2D eigenvalue weighted by Gasteiger charge is -2.13. The molecule has 5 nitrogen and oxygen atoms in total. The van der Waals surface area contributed by atoms with Crippen molar-refractivity contribution in [2.24, 2.45) is 7.05 Å². The van der Waals surface area contributed by atoms with Gasteiger partial charge >= 0.3 is 5.97 Å². The number of hydrogen-bond donors (Lipinski definition) is 0. The fourth-order valence-electron chi connectivity index (χ4n) is 1.99. The third-order valence-electron chi connectivity index (χ3n) is 3.06. The summed E-state index contributed by atoms with van der Waals surface area (Å²) in [6.07, 6.45) is 4.58. The molecule has 22 heavy (non-hydrogen) atoms. The smallest absolute Gasteiger partial charge is 0.338 e. The van der Waals surface area contributed by atoms with Gasteiger partial charge in [-0.1, -0.05) is 13.0 Å². The Balaban J connectivity index is 2.20. The quantitative estimate of drug-likeness (QED) is 0.579. The van der Waals surface area contributed by atoms with Crippen molar-refractivity contribution in [1.82, 2.24) is 9.78 Å². The fourth-order valence-corrected chi connectivity index (χ4v) is 2.62. The first-order valence-corrected chi connectivity index (χ1v) is 8.33. The second-order valence-electron chi connectivity index (χ2n) is 4.74. The van der Waals surface area contributed by atoms with Crippen LogP contribution < -0.4 is 4.74 Å². The molecule has 0 bridgehead atoms. The standard InChI is InChI=1S/C16H20N2O3S/c1-4-10-20-16(19)12-6-5-7-14(22-3)13(12)11-21-15-8-9-18(2)17-15/h5-9H,4,10-11H2,1-3H3. The number of rotatable bonds is 7. The predicted molar refractivity (Wildman–Crippen MR) is 86.3 cm³/mol. The van der Waals surface area contributed by atoms with Gasteiger partial charge in [-0.15, -0.1) is 16.9 Å². The minimum Gasteiger partial charge on any atom is -0.472 e. The van der Waals surface area contributed by atoms with Crippen molar-refractivity contribution in [2.75, 3.05) is 12.9 Å². The number of carbonyl (C=O) groups is 1. The first-order chi connectivity index (χ1) is 10.7. The van der Waals surface area contributed by atoms with E-state index in [0.29, 0.717) is 18.1 Å². The second kappa shape index (κ2) is 7.89. The highest BCUT2D eigenvalue weighted by Crippen LogP contribution is 2.25. The van der Waals surface area contributed by atoms with Crippen LogP contribution in [0.5, 0.6) is 5.88 Å². The molecule has 0 N–H and O–H groups in total. The monoisotopic (exact) mass is 320 g/mol. The summed E-state index contributed by atoms with van der Waals surface area (Å²) in [4.78, 5) is 13.2. The Bertz CT molecular complexity index is 640. The molecule has 0 amide bonds. The normalized spacial score (nSPS) is 10.5. The van der Waals surface area contributed by atoms with Gasteiger partial charge in [0.15, 0.2) is 0 Å². The van der Waals surface area contributed by atoms with Crippen LogP contribution in [0.15, 0.2) is 35.4 Å². The van der Waals surface area contributed by atoms with Crippen LogP contribution in [0.25, 0.3) is 0 Å². The molecule has 0 saturated carbocycles. The van der Waals surface area contributed by atoms with Crippen LogP contribution in [0.4, 0.5) is 0 Å². The Morgan fingerprint density at radius 3 is 2.82 bits per heavy atom. The summed E-state index contributed by atoms with van der Waals surface area (Å²) in [6.45, 7) is 2.67. The molecule has 2 aromatic rings. The Labute approximate surface area is 134 Å². The SMILES string of the molecule is CCCOC(=O)c1cccc(SC)c1COc1ccn(C)n1. The molecule has 6 heteroatoms. The minimum atomic E-state index is -0.308. The largest absolute Gasteiger partial charge is 0.472 e. The highest BCUT2D eigenvalue weighted by Gasteiger charge is 2.16. The maximum Gasteiger partial charge on any atom is 0.338 e. The molecule has 0 radical (unpaired) electrons. The number of esters is 1. The summed E-state index contributed by atoms with van der Waals surface area (Å²) in [6, 6.07) is 7.39. The van der Waals surface area contributed by atoms with Crippen molar-refractivity contribution >= 4 is 17.7 Å². The first kappa shape index (κ1) is 16.4. The number of aromatic nitrogens is 2. The number of ether oxygens (including phenoxy) is 2. The van der Waals surface area contributed by atoms with Crippen molar-refractivity contribution in [2.45, 2.75) is 24.8 Å². The zero-order valence-electron chi connectivity index (χ0n) is 13.0. The van der Waals surface area contributed by atoms with E-state index in [9.17, 15) is 4.79 Å². The third-order valence-corrected chi connectivity index (χ3v) is 3.89. The number of carbonyl (C=O) groups excluding carboxylic acids is 1. The van der Waals surface area contributed by atoms with Gasteiger partial charge in [-0.05, 0) is 24.8 Å². The molecule has 0 spiro atoms. The molecule has 0 unspecified atom stereocenters. The molecular weight excluding hydrogens is 300 g/mol. The number of benzene rings is 1. The average molecular weight is 320 g/mol. The number of thioether (sulfide) groups is 1. The van der Waals surface area contributed by atoms with Crippen molar-refractivity contribution in [3.63, 3.8) is 0 Å². The molecule has 1 aromatic carbocycles. The van der Waals surface area contributed by atoms with E-state index in [4.69, 9.17) is 9.47 Å². The zero-order valence-corrected chi connectivity index (χ0v) is 13.9. The average Bonchev–Trinajstić information content (AvgIpc) is 2.95. The van der Waals surface area contributed by atoms with Crippen LogP contribution in [0, 0.1) is 0 Å². The summed E-state index contributed by atoms with van der Waals surface area (Å²) < 4.78 is 12.6. The van der Waals surface area contributed by atoms with Crippen LogP contribution in [-0.2, 0) is 18.4 Å². The molecule has 1 heterocycles. The highest BCUT2D eigenvalue weighted by atomic mass is 32.2. The Morgan fingerprint density at radius 1 is 1.36 bits per heavy atom. The van der Waals surface area contributed by atoms with Gasteiger partial charge in [-0.3, -0.25) is 4.68 Å². The van der Waals surface area contributed by atoms with E-state index in [1.165, 1.54) is 0 Å². The van der Waals surface area contributed by atoms with Gasteiger partial charge in [0.1, 0.15) is 6.61 Å². The van der Waals surface area contributed by atoms with E-state index in [0.717, 1.165) is 16.9 Å². The van der Waals surface area contributed by atoms with E-state index in [-0.39, 0.29) is 12.6 Å².